The van der Waals surface area contributed by atoms with Gasteiger partial charge < -0.3 is 15.5 Å². The maximum Gasteiger partial charge on any atom is 0.364 e. The molecular formula is C16H13F2N3O5S. The van der Waals surface area contributed by atoms with Crippen LogP contribution in [0.2, 0.25) is 0 Å². The predicted molar refractivity (Wildman–Crippen MR) is 94.1 cm³/mol. The van der Waals surface area contributed by atoms with Crippen molar-refractivity contribution in [2.75, 3.05) is 17.1 Å². The van der Waals surface area contributed by atoms with Crippen LogP contribution < -0.4 is 10.0 Å². The zero-order chi connectivity index (χ0) is 19.9. The molecule has 0 fully saturated rings. The van der Waals surface area contributed by atoms with Crippen LogP contribution in [0.25, 0.3) is 10.9 Å². The first-order chi connectivity index (χ1) is 12.6. The summed E-state index contributed by atoms with van der Waals surface area (Å²) in [6.45, 7) is 0. The number of aromatic nitrogens is 1. The van der Waals surface area contributed by atoms with E-state index in [0.29, 0.717) is 23.3 Å². The van der Waals surface area contributed by atoms with Crippen molar-refractivity contribution in [2.24, 2.45) is 0 Å². The fourth-order valence-corrected chi connectivity index (χ4v) is 3.42. The van der Waals surface area contributed by atoms with Crippen LogP contribution >= 0.6 is 0 Å². The molecule has 3 aromatic rings. The number of benzene rings is 2. The SMILES string of the molecule is COC(=O)c1cc(F)c(N(c2c[nH]c3cc(N)ccc23)S(=O)(=O)O)cc1F. The predicted octanol–water partition coefficient (Wildman–Crippen LogP) is 2.76. The van der Waals surface area contributed by atoms with E-state index in [9.17, 15) is 26.5 Å². The van der Waals surface area contributed by atoms with E-state index in [1.54, 1.807) is 0 Å². The van der Waals surface area contributed by atoms with E-state index < -0.39 is 39.2 Å². The summed E-state index contributed by atoms with van der Waals surface area (Å²) in [5.41, 5.74) is 4.73. The molecule has 27 heavy (non-hydrogen) atoms. The number of anilines is 3. The number of halogens is 2. The van der Waals surface area contributed by atoms with Gasteiger partial charge in [0.05, 0.1) is 24.0 Å². The second kappa shape index (κ2) is 6.52. The van der Waals surface area contributed by atoms with E-state index >= 15 is 0 Å². The lowest BCUT2D eigenvalue weighted by Gasteiger charge is -2.21. The highest BCUT2D eigenvalue weighted by atomic mass is 32.2. The van der Waals surface area contributed by atoms with Gasteiger partial charge in [0, 0.05) is 28.9 Å². The number of carbonyl (C=O) groups is 1. The van der Waals surface area contributed by atoms with Crippen LogP contribution in [0.4, 0.5) is 25.8 Å². The number of aromatic amines is 1. The highest BCUT2D eigenvalue weighted by molar-refractivity contribution is 7.87. The Morgan fingerprint density at radius 3 is 2.52 bits per heavy atom. The summed E-state index contributed by atoms with van der Waals surface area (Å²) in [6.07, 6.45) is 1.18. The number of methoxy groups -OCH3 is 1. The Bertz CT molecular complexity index is 1160. The maximum atomic E-state index is 14.5. The zero-order valence-corrected chi connectivity index (χ0v) is 14.5. The minimum absolute atomic E-state index is 0.170. The van der Waals surface area contributed by atoms with Crippen molar-refractivity contribution in [2.45, 2.75) is 0 Å². The third-order valence-electron chi connectivity index (χ3n) is 3.79. The molecule has 8 nitrogen and oxygen atoms in total. The number of esters is 1. The largest absolute Gasteiger partial charge is 0.465 e. The number of nitrogen functional groups attached to an aromatic ring is 1. The van der Waals surface area contributed by atoms with Crippen LogP contribution in [-0.2, 0) is 15.0 Å². The molecule has 0 atom stereocenters. The van der Waals surface area contributed by atoms with Gasteiger partial charge in [0.2, 0.25) is 0 Å². The average molecular weight is 397 g/mol. The third-order valence-corrected chi connectivity index (χ3v) is 4.65. The van der Waals surface area contributed by atoms with Crippen LogP contribution in [0.3, 0.4) is 0 Å². The molecule has 4 N–H and O–H groups in total. The van der Waals surface area contributed by atoms with Crippen molar-refractivity contribution >= 4 is 44.2 Å². The number of nitrogens with one attached hydrogen (secondary N) is 1. The van der Waals surface area contributed by atoms with Crippen molar-refractivity contribution in [3.05, 3.63) is 53.7 Å². The molecule has 3 rings (SSSR count). The summed E-state index contributed by atoms with van der Waals surface area (Å²) in [5.74, 6) is -3.63. The normalized spacial score (nSPS) is 11.6. The van der Waals surface area contributed by atoms with Crippen molar-refractivity contribution in [3.8, 4) is 0 Å². The summed E-state index contributed by atoms with van der Waals surface area (Å²) in [7, 11) is -4.08. The molecule has 0 unspecified atom stereocenters. The van der Waals surface area contributed by atoms with Gasteiger partial charge in [0.1, 0.15) is 11.6 Å². The van der Waals surface area contributed by atoms with E-state index in [0.717, 1.165) is 7.11 Å². The zero-order valence-electron chi connectivity index (χ0n) is 13.7. The maximum absolute atomic E-state index is 14.5. The van der Waals surface area contributed by atoms with E-state index in [-0.39, 0.29) is 15.4 Å². The lowest BCUT2D eigenvalue weighted by molar-refractivity contribution is 0.0595. The Labute approximate surface area is 152 Å². The Morgan fingerprint density at radius 1 is 1.19 bits per heavy atom. The van der Waals surface area contributed by atoms with E-state index in [4.69, 9.17) is 5.73 Å². The molecule has 0 radical (unpaired) electrons. The van der Waals surface area contributed by atoms with Crippen molar-refractivity contribution in [1.82, 2.24) is 4.98 Å². The number of hydrogen-bond donors (Lipinski definition) is 3. The molecule has 0 saturated carbocycles. The standard InChI is InChI=1S/C16H13F2N3O5S/c1-26-16(22)10-5-12(18)14(6-11(10)17)21(27(23,24)25)15-7-20-13-4-8(19)2-3-9(13)15/h2-7,20H,19H2,1H3,(H,23,24,25). The minimum atomic E-state index is -5.06. The Balaban J connectivity index is 2.26. The average Bonchev–Trinajstić information content (AvgIpc) is 2.98. The highest BCUT2D eigenvalue weighted by Gasteiger charge is 2.29. The van der Waals surface area contributed by atoms with E-state index in [1.807, 2.05) is 0 Å². The fourth-order valence-electron chi connectivity index (χ4n) is 2.63. The molecule has 0 saturated heterocycles. The first-order valence-electron chi connectivity index (χ1n) is 7.35. The molecular weight excluding hydrogens is 384 g/mol. The Hall–Kier alpha value is -3.18. The number of nitrogens with two attached hydrogens (primary N) is 1. The number of ether oxygens (including phenoxy) is 1. The number of hydrogen-bond acceptors (Lipinski definition) is 5. The minimum Gasteiger partial charge on any atom is -0.465 e. The van der Waals surface area contributed by atoms with Crippen LogP contribution in [0.1, 0.15) is 10.4 Å². The molecule has 0 bridgehead atoms. The lowest BCUT2D eigenvalue weighted by Crippen LogP contribution is -2.26. The topological polar surface area (TPSA) is 126 Å². The lowest BCUT2D eigenvalue weighted by atomic mass is 10.1. The number of rotatable bonds is 4. The smallest absolute Gasteiger partial charge is 0.364 e. The molecule has 11 heteroatoms. The van der Waals surface area contributed by atoms with Crippen molar-refractivity contribution in [1.29, 1.82) is 0 Å². The number of H-pyrrole nitrogens is 1. The van der Waals surface area contributed by atoms with Crippen molar-refractivity contribution in [3.63, 3.8) is 0 Å². The molecule has 1 heterocycles. The molecule has 0 aliphatic carbocycles. The summed E-state index contributed by atoms with van der Waals surface area (Å²) >= 11 is 0. The molecule has 0 spiro atoms. The molecule has 1 aromatic heterocycles. The Kier molecular flexibility index (Phi) is 4.49. The molecule has 0 aliphatic heterocycles. The molecule has 0 aliphatic rings. The second-order valence-electron chi connectivity index (χ2n) is 5.50. The molecule has 142 valence electrons. The second-order valence-corrected chi connectivity index (χ2v) is 6.76. The van der Waals surface area contributed by atoms with Crippen molar-refractivity contribution < 1.29 is 31.3 Å². The fraction of sp³-hybridized carbons (Fsp3) is 0.0625. The number of carbonyl (C=O) groups excluding carboxylic acids is 1. The van der Waals surface area contributed by atoms with Crippen LogP contribution in [0.15, 0.2) is 36.5 Å². The Morgan fingerprint density at radius 2 is 1.89 bits per heavy atom. The van der Waals surface area contributed by atoms with Gasteiger partial charge in [-0.1, -0.05) is 0 Å². The van der Waals surface area contributed by atoms with Gasteiger partial charge in [-0.15, -0.1) is 0 Å². The van der Waals surface area contributed by atoms with Crippen LogP contribution in [-0.4, -0.2) is 31.0 Å². The van der Waals surface area contributed by atoms with Gasteiger partial charge in [0.15, 0.2) is 0 Å². The first-order valence-corrected chi connectivity index (χ1v) is 8.75. The van der Waals surface area contributed by atoms with Crippen LogP contribution in [0, 0.1) is 11.6 Å². The third kappa shape index (κ3) is 3.29. The highest BCUT2D eigenvalue weighted by Crippen LogP contribution is 2.37. The quantitative estimate of drug-likeness (QED) is 0.353. The molecule has 2 aromatic carbocycles. The van der Waals surface area contributed by atoms with E-state index in [1.165, 1.54) is 24.4 Å². The van der Waals surface area contributed by atoms with Gasteiger partial charge in [-0.25, -0.2) is 17.9 Å². The number of nitrogens with zero attached hydrogens (tertiary/aromatic N) is 1. The van der Waals surface area contributed by atoms with E-state index in [2.05, 4.69) is 9.72 Å². The van der Waals surface area contributed by atoms with Gasteiger partial charge in [-0.3, -0.25) is 4.55 Å². The first kappa shape index (κ1) is 18.6. The van der Waals surface area contributed by atoms with Gasteiger partial charge >= 0.3 is 16.3 Å². The number of fused-ring (bicyclic) bond motifs is 1. The summed E-state index contributed by atoms with van der Waals surface area (Å²) in [5, 5.41) is 0.277. The van der Waals surface area contributed by atoms with Gasteiger partial charge in [-0.05, 0) is 24.3 Å². The summed E-state index contributed by atoms with van der Waals surface area (Å²) in [6, 6.07) is 5.39. The van der Waals surface area contributed by atoms with Gasteiger partial charge in [-0.2, -0.15) is 8.42 Å². The summed E-state index contributed by atoms with van der Waals surface area (Å²) < 4.78 is 66.8. The summed E-state index contributed by atoms with van der Waals surface area (Å²) in [4.78, 5) is 14.2. The van der Waals surface area contributed by atoms with Gasteiger partial charge in [0.25, 0.3) is 0 Å². The van der Waals surface area contributed by atoms with Crippen LogP contribution in [0.5, 0.6) is 0 Å². The molecule has 0 amide bonds. The monoisotopic (exact) mass is 397 g/mol.